The summed E-state index contributed by atoms with van der Waals surface area (Å²) in [5.74, 6) is 0.949. The fourth-order valence-corrected chi connectivity index (χ4v) is 3.43. The molecule has 0 heterocycles. The first-order valence-corrected chi connectivity index (χ1v) is 13.9. The Hall–Kier alpha value is -3.56. The third-order valence-corrected chi connectivity index (χ3v) is 5.77. The number of nitrogens with two attached hydrogens (primary N) is 2. The molecule has 0 aliphatic heterocycles. The number of aryl methyl sites for hydroxylation is 2. The first kappa shape index (κ1) is 34.5. The van der Waals surface area contributed by atoms with Gasteiger partial charge in [-0.05, 0) is 68.7 Å². The van der Waals surface area contributed by atoms with Gasteiger partial charge in [0.2, 0.25) is 0 Å². The Morgan fingerprint density at radius 3 is 1.73 bits per heavy atom. The molecule has 3 rings (SSSR count). The highest BCUT2D eigenvalue weighted by molar-refractivity contribution is 5.27. The minimum Gasteiger partial charge on any atom is -0.508 e. The lowest BCUT2D eigenvalue weighted by Crippen LogP contribution is -2.46. The number of allylic oxidation sites excluding steroid dienone is 1. The summed E-state index contributed by atoms with van der Waals surface area (Å²) in [6, 6.07) is 21.8. The molecular formula is C32H49N5O3. The molecule has 40 heavy (non-hydrogen) atoms. The number of nitrogens with one attached hydrogen (secondary N) is 3. The van der Waals surface area contributed by atoms with Crippen LogP contribution >= 0.6 is 0 Å². The zero-order chi connectivity index (χ0) is 29.6. The Kier molecular flexibility index (Phi) is 18.3. The quantitative estimate of drug-likeness (QED) is 0.115. The fraction of sp³-hybridized carbons (Fsp3) is 0.375. The smallest absolute Gasteiger partial charge is 0.115 e. The van der Waals surface area contributed by atoms with E-state index in [4.69, 9.17) is 21.7 Å². The molecule has 3 aromatic rings. The third-order valence-electron chi connectivity index (χ3n) is 5.77. The van der Waals surface area contributed by atoms with Crippen molar-refractivity contribution in [2.45, 2.75) is 52.5 Å². The molecule has 10 N–H and O–H groups in total. The summed E-state index contributed by atoms with van der Waals surface area (Å²) < 4.78 is 0. The van der Waals surface area contributed by atoms with Gasteiger partial charge in [-0.1, -0.05) is 66.9 Å². The van der Waals surface area contributed by atoms with Gasteiger partial charge in [-0.2, -0.15) is 0 Å². The molecule has 8 nitrogen and oxygen atoms in total. The summed E-state index contributed by atoms with van der Waals surface area (Å²) in [7, 11) is 0. The molecule has 3 aromatic carbocycles. The molecule has 0 aliphatic rings. The second kappa shape index (κ2) is 21.3. The van der Waals surface area contributed by atoms with Gasteiger partial charge in [0, 0.05) is 44.3 Å². The summed E-state index contributed by atoms with van der Waals surface area (Å²) in [4.78, 5) is 0. The van der Waals surface area contributed by atoms with Crippen molar-refractivity contribution in [2.75, 3.05) is 26.2 Å². The van der Waals surface area contributed by atoms with Crippen molar-refractivity contribution in [2.24, 2.45) is 11.5 Å². The zero-order valence-electron chi connectivity index (χ0n) is 24.2. The van der Waals surface area contributed by atoms with E-state index in [2.05, 4.69) is 29.2 Å². The normalized spacial score (nSPS) is 11.6. The minimum atomic E-state index is 0.263. The van der Waals surface area contributed by atoms with Gasteiger partial charge < -0.3 is 32.1 Å². The van der Waals surface area contributed by atoms with Gasteiger partial charge in [0.1, 0.15) is 17.2 Å². The Bertz CT molecular complexity index is 970. The number of hydrogen-bond donors (Lipinski definition) is 8. The van der Waals surface area contributed by atoms with E-state index in [1.165, 1.54) is 16.7 Å². The molecule has 8 heteroatoms. The summed E-state index contributed by atoms with van der Waals surface area (Å²) in [6.07, 6.45) is 5.96. The monoisotopic (exact) mass is 551 g/mol. The number of benzene rings is 3. The first-order valence-electron chi connectivity index (χ1n) is 13.9. The standard InChI is InChI=1S/C18H33N5O.2C7H8O/c1-2-3-4-16(20)9-11-22-23-14-17(21-12-10-19)13-15-5-7-18(24)8-6-15;2*1-6-2-4-7(8)5-3-6/h4-8,17,21-24H,2-3,9-14,19-20H2,1H3;2*2-5,8H,1H3. The van der Waals surface area contributed by atoms with Crippen molar-refractivity contribution in [3.05, 3.63) is 101 Å². The van der Waals surface area contributed by atoms with Crippen LogP contribution in [0.25, 0.3) is 0 Å². The van der Waals surface area contributed by atoms with Crippen LogP contribution in [0.15, 0.2) is 84.6 Å². The maximum atomic E-state index is 9.36. The average Bonchev–Trinajstić information content (AvgIpc) is 2.95. The summed E-state index contributed by atoms with van der Waals surface area (Å²) >= 11 is 0. The van der Waals surface area contributed by atoms with Crippen LogP contribution in [-0.2, 0) is 6.42 Å². The van der Waals surface area contributed by atoms with Crippen LogP contribution in [0.1, 0.15) is 42.9 Å². The van der Waals surface area contributed by atoms with Gasteiger partial charge in [-0.3, -0.25) is 10.9 Å². The van der Waals surface area contributed by atoms with Gasteiger partial charge in [-0.25, -0.2) is 0 Å². The summed E-state index contributed by atoms with van der Waals surface area (Å²) in [6.45, 7) is 9.08. The van der Waals surface area contributed by atoms with Crippen LogP contribution in [0, 0.1) is 13.8 Å². The van der Waals surface area contributed by atoms with Crippen LogP contribution < -0.4 is 27.6 Å². The Balaban J connectivity index is 0.000000400. The molecule has 0 aliphatic carbocycles. The van der Waals surface area contributed by atoms with E-state index in [1.807, 2.05) is 50.2 Å². The SMILES string of the molecule is CCCC=C(N)CCNNCC(Cc1ccc(O)cc1)NCCN.Cc1ccc(O)cc1.Cc1ccc(O)cc1. The van der Waals surface area contributed by atoms with E-state index in [0.717, 1.165) is 51.0 Å². The van der Waals surface area contributed by atoms with E-state index < -0.39 is 0 Å². The number of hydrazine groups is 1. The summed E-state index contributed by atoms with van der Waals surface area (Å²) in [5.41, 5.74) is 22.4. The van der Waals surface area contributed by atoms with E-state index >= 15 is 0 Å². The molecule has 220 valence electrons. The second-order valence-corrected chi connectivity index (χ2v) is 9.61. The van der Waals surface area contributed by atoms with Crippen LogP contribution in [0.5, 0.6) is 17.2 Å². The number of aromatic hydroxyl groups is 3. The van der Waals surface area contributed by atoms with Crippen LogP contribution in [0.3, 0.4) is 0 Å². The highest BCUT2D eigenvalue weighted by atomic mass is 16.3. The van der Waals surface area contributed by atoms with Crippen molar-refractivity contribution in [1.29, 1.82) is 0 Å². The summed E-state index contributed by atoms with van der Waals surface area (Å²) in [5, 5.41) is 30.3. The predicted molar refractivity (Wildman–Crippen MR) is 166 cm³/mol. The van der Waals surface area contributed by atoms with E-state index in [-0.39, 0.29) is 6.04 Å². The maximum absolute atomic E-state index is 9.36. The van der Waals surface area contributed by atoms with Crippen molar-refractivity contribution in [3.63, 3.8) is 0 Å². The molecule has 0 fully saturated rings. The molecule has 0 radical (unpaired) electrons. The van der Waals surface area contributed by atoms with Crippen LogP contribution in [-0.4, -0.2) is 47.5 Å². The number of phenols is 3. The van der Waals surface area contributed by atoms with Gasteiger partial charge in [0.25, 0.3) is 0 Å². The van der Waals surface area contributed by atoms with E-state index in [1.54, 1.807) is 36.4 Å². The van der Waals surface area contributed by atoms with E-state index in [9.17, 15) is 5.11 Å². The molecule has 1 atom stereocenters. The van der Waals surface area contributed by atoms with Crippen molar-refractivity contribution in [3.8, 4) is 17.2 Å². The molecule has 0 amide bonds. The van der Waals surface area contributed by atoms with Crippen molar-refractivity contribution in [1.82, 2.24) is 16.2 Å². The van der Waals surface area contributed by atoms with Crippen LogP contribution in [0.2, 0.25) is 0 Å². The molecule has 0 saturated carbocycles. The average molecular weight is 552 g/mol. The Labute approximate surface area is 240 Å². The van der Waals surface area contributed by atoms with Gasteiger partial charge in [0.15, 0.2) is 0 Å². The Morgan fingerprint density at radius 2 is 1.27 bits per heavy atom. The van der Waals surface area contributed by atoms with Gasteiger partial charge in [0.05, 0.1) is 0 Å². The fourth-order valence-electron chi connectivity index (χ4n) is 3.43. The maximum Gasteiger partial charge on any atom is 0.115 e. The highest BCUT2D eigenvalue weighted by Crippen LogP contribution is 2.11. The number of hydrogen-bond acceptors (Lipinski definition) is 8. The molecule has 0 bridgehead atoms. The molecule has 0 aromatic heterocycles. The van der Waals surface area contributed by atoms with Crippen molar-refractivity contribution >= 4 is 0 Å². The highest BCUT2D eigenvalue weighted by Gasteiger charge is 2.08. The first-order chi connectivity index (χ1) is 19.2. The Morgan fingerprint density at radius 1 is 0.775 bits per heavy atom. The molecular weight excluding hydrogens is 502 g/mol. The van der Waals surface area contributed by atoms with Gasteiger partial charge in [-0.15, -0.1) is 0 Å². The zero-order valence-corrected chi connectivity index (χ0v) is 24.2. The molecule has 0 saturated heterocycles. The molecule has 0 spiro atoms. The van der Waals surface area contributed by atoms with Crippen molar-refractivity contribution < 1.29 is 15.3 Å². The van der Waals surface area contributed by atoms with E-state index in [0.29, 0.717) is 23.8 Å². The lowest BCUT2D eigenvalue weighted by Gasteiger charge is -2.20. The largest absolute Gasteiger partial charge is 0.508 e. The molecule has 1 unspecified atom stereocenters. The predicted octanol–water partition coefficient (Wildman–Crippen LogP) is 4.38. The lowest BCUT2D eigenvalue weighted by molar-refractivity contribution is 0.432. The van der Waals surface area contributed by atoms with Gasteiger partial charge >= 0.3 is 0 Å². The van der Waals surface area contributed by atoms with Crippen LogP contribution in [0.4, 0.5) is 0 Å². The second-order valence-electron chi connectivity index (χ2n) is 9.61. The third kappa shape index (κ3) is 17.9. The number of unbranched alkanes of at least 4 members (excludes halogenated alkanes) is 1. The number of phenolic OH excluding ortho intramolecular Hbond substituents is 3. The minimum absolute atomic E-state index is 0.263. The topological polar surface area (TPSA) is 149 Å². The lowest BCUT2D eigenvalue weighted by atomic mass is 10.1. The number of rotatable bonds is 13.